The molecule has 0 aromatic heterocycles. The highest BCUT2D eigenvalue weighted by molar-refractivity contribution is 5.18. The average Bonchev–Trinajstić information content (AvgIpc) is 2.21. The number of benzene rings is 1. The predicted molar refractivity (Wildman–Crippen MR) is 52.3 cm³/mol. The number of nitrogens with one attached hydrogen (secondary N) is 1. The van der Waals surface area contributed by atoms with Crippen molar-refractivity contribution in [3.8, 4) is 0 Å². The van der Waals surface area contributed by atoms with Gasteiger partial charge >= 0.3 is 0 Å². The van der Waals surface area contributed by atoms with Crippen LogP contribution in [0.3, 0.4) is 0 Å². The maximum atomic E-state index is 12.7. The Balaban J connectivity index is 2.05. The van der Waals surface area contributed by atoms with E-state index in [4.69, 9.17) is 4.74 Å². The van der Waals surface area contributed by atoms with Crippen LogP contribution < -0.4 is 5.32 Å². The molecule has 1 N–H and O–H groups in total. The molecular weight excluding hydrogens is 181 g/mol. The van der Waals surface area contributed by atoms with E-state index < -0.39 is 0 Å². The van der Waals surface area contributed by atoms with Gasteiger partial charge in [0.1, 0.15) is 12.0 Å². The van der Waals surface area contributed by atoms with Gasteiger partial charge in [0.2, 0.25) is 0 Å². The molecule has 0 amide bonds. The first-order valence-corrected chi connectivity index (χ1v) is 4.86. The summed E-state index contributed by atoms with van der Waals surface area (Å²) in [4.78, 5) is 0. The van der Waals surface area contributed by atoms with E-state index in [2.05, 4.69) is 12.2 Å². The highest BCUT2D eigenvalue weighted by Gasteiger charge is 2.18. The Hall–Kier alpha value is -0.930. The Morgan fingerprint density at radius 1 is 1.36 bits per heavy atom. The van der Waals surface area contributed by atoms with Crippen LogP contribution in [0.4, 0.5) is 4.39 Å². The fourth-order valence-corrected chi connectivity index (χ4v) is 1.54. The molecule has 2 atom stereocenters. The third kappa shape index (κ3) is 2.11. The summed E-state index contributed by atoms with van der Waals surface area (Å²) in [6, 6.07) is 6.42. The first kappa shape index (κ1) is 9.62. The topological polar surface area (TPSA) is 21.3 Å². The van der Waals surface area contributed by atoms with Gasteiger partial charge in [0, 0.05) is 6.54 Å². The minimum Gasteiger partial charge on any atom is -0.359 e. The molecule has 0 bridgehead atoms. The first-order chi connectivity index (χ1) is 6.75. The maximum Gasteiger partial charge on any atom is 0.134 e. The lowest BCUT2D eigenvalue weighted by Gasteiger charge is -2.28. The molecular formula is C11H14FNO. The molecule has 0 aliphatic carbocycles. The van der Waals surface area contributed by atoms with Gasteiger partial charge in [-0.15, -0.1) is 0 Å². The number of ether oxygens (including phenoxy) is 1. The van der Waals surface area contributed by atoms with Crippen molar-refractivity contribution in [2.24, 2.45) is 5.92 Å². The van der Waals surface area contributed by atoms with Crippen LogP contribution in [-0.4, -0.2) is 13.2 Å². The molecule has 1 aromatic rings. The third-order valence-electron chi connectivity index (χ3n) is 2.37. The van der Waals surface area contributed by atoms with Crippen LogP contribution in [0.2, 0.25) is 0 Å². The van der Waals surface area contributed by atoms with E-state index in [1.165, 1.54) is 12.1 Å². The van der Waals surface area contributed by atoms with Crippen molar-refractivity contribution in [3.05, 3.63) is 35.6 Å². The van der Waals surface area contributed by atoms with Gasteiger partial charge in [-0.1, -0.05) is 19.1 Å². The van der Waals surface area contributed by atoms with Crippen LogP contribution in [0, 0.1) is 11.7 Å². The Bertz CT molecular complexity index is 291. The van der Waals surface area contributed by atoms with Crippen LogP contribution in [0.15, 0.2) is 24.3 Å². The van der Waals surface area contributed by atoms with Crippen molar-refractivity contribution in [1.29, 1.82) is 0 Å². The predicted octanol–water partition coefficient (Wildman–Crippen LogP) is 2.08. The van der Waals surface area contributed by atoms with E-state index in [1.807, 2.05) is 0 Å². The van der Waals surface area contributed by atoms with E-state index in [9.17, 15) is 4.39 Å². The van der Waals surface area contributed by atoms with Crippen molar-refractivity contribution >= 4 is 0 Å². The zero-order valence-corrected chi connectivity index (χ0v) is 8.16. The smallest absolute Gasteiger partial charge is 0.134 e. The van der Waals surface area contributed by atoms with E-state index in [-0.39, 0.29) is 12.0 Å². The van der Waals surface area contributed by atoms with Gasteiger partial charge in [0.15, 0.2) is 0 Å². The molecule has 1 aromatic carbocycles. The molecule has 1 saturated heterocycles. The summed E-state index contributed by atoms with van der Waals surface area (Å²) in [5, 5.41) is 3.26. The van der Waals surface area contributed by atoms with Crippen molar-refractivity contribution in [1.82, 2.24) is 5.32 Å². The molecule has 1 aliphatic heterocycles. The average molecular weight is 195 g/mol. The van der Waals surface area contributed by atoms with Crippen LogP contribution in [0.5, 0.6) is 0 Å². The lowest BCUT2D eigenvalue weighted by Crippen LogP contribution is -2.36. The van der Waals surface area contributed by atoms with Gasteiger partial charge in [-0.2, -0.15) is 0 Å². The van der Waals surface area contributed by atoms with Crippen LogP contribution >= 0.6 is 0 Å². The second-order valence-electron chi connectivity index (χ2n) is 3.78. The second-order valence-corrected chi connectivity index (χ2v) is 3.78. The summed E-state index contributed by atoms with van der Waals surface area (Å²) in [5.41, 5.74) is 0.985. The van der Waals surface area contributed by atoms with Gasteiger partial charge in [-0.3, -0.25) is 5.32 Å². The molecule has 0 radical (unpaired) electrons. The summed E-state index contributed by atoms with van der Waals surface area (Å²) >= 11 is 0. The summed E-state index contributed by atoms with van der Waals surface area (Å²) < 4.78 is 18.2. The minimum absolute atomic E-state index is 0.0770. The van der Waals surface area contributed by atoms with Crippen LogP contribution in [0.25, 0.3) is 0 Å². The van der Waals surface area contributed by atoms with E-state index >= 15 is 0 Å². The minimum atomic E-state index is -0.210. The Morgan fingerprint density at radius 2 is 2.07 bits per heavy atom. The molecule has 2 unspecified atom stereocenters. The Kier molecular flexibility index (Phi) is 2.79. The summed E-state index contributed by atoms with van der Waals surface area (Å²) in [7, 11) is 0. The summed E-state index contributed by atoms with van der Waals surface area (Å²) in [6.45, 7) is 3.84. The Labute approximate surface area is 83.1 Å². The molecule has 0 spiro atoms. The number of hydrogen-bond acceptors (Lipinski definition) is 2. The summed E-state index contributed by atoms with van der Waals surface area (Å²) in [6.07, 6.45) is -0.0770. The SMILES string of the molecule is CC1CNC(c2ccc(F)cc2)OC1. The largest absolute Gasteiger partial charge is 0.359 e. The van der Waals surface area contributed by atoms with Crippen LogP contribution in [0.1, 0.15) is 18.7 Å². The Morgan fingerprint density at radius 3 is 2.64 bits per heavy atom. The molecule has 1 heterocycles. The first-order valence-electron chi connectivity index (χ1n) is 4.86. The van der Waals surface area contributed by atoms with E-state index in [0.717, 1.165) is 18.7 Å². The molecule has 2 rings (SSSR count). The molecule has 76 valence electrons. The summed E-state index contributed by atoms with van der Waals surface area (Å²) in [5.74, 6) is 0.338. The van der Waals surface area contributed by atoms with Crippen molar-refractivity contribution in [2.75, 3.05) is 13.2 Å². The van der Waals surface area contributed by atoms with Gasteiger partial charge < -0.3 is 4.74 Å². The lowest BCUT2D eigenvalue weighted by molar-refractivity contribution is -0.0254. The van der Waals surface area contributed by atoms with Gasteiger partial charge in [-0.25, -0.2) is 4.39 Å². The van der Waals surface area contributed by atoms with E-state index in [1.54, 1.807) is 12.1 Å². The molecule has 3 heteroatoms. The fraction of sp³-hybridized carbons (Fsp3) is 0.455. The third-order valence-corrected chi connectivity index (χ3v) is 2.37. The van der Waals surface area contributed by atoms with Gasteiger partial charge in [0.25, 0.3) is 0 Å². The van der Waals surface area contributed by atoms with E-state index in [0.29, 0.717) is 5.92 Å². The van der Waals surface area contributed by atoms with Crippen molar-refractivity contribution in [2.45, 2.75) is 13.2 Å². The number of rotatable bonds is 1. The zero-order chi connectivity index (χ0) is 9.97. The monoisotopic (exact) mass is 195 g/mol. The lowest BCUT2D eigenvalue weighted by atomic mass is 10.1. The van der Waals surface area contributed by atoms with Crippen molar-refractivity contribution < 1.29 is 9.13 Å². The zero-order valence-electron chi connectivity index (χ0n) is 8.16. The molecule has 0 saturated carbocycles. The number of hydrogen-bond donors (Lipinski definition) is 1. The second kappa shape index (κ2) is 4.07. The van der Waals surface area contributed by atoms with Gasteiger partial charge in [0.05, 0.1) is 6.61 Å². The molecule has 1 aliphatic rings. The number of halogens is 1. The highest BCUT2D eigenvalue weighted by atomic mass is 19.1. The standard InChI is InChI=1S/C11H14FNO/c1-8-6-13-11(14-7-8)9-2-4-10(12)5-3-9/h2-5,8,11,13H,6-7H2,1H3. The molecule has 2 nitrogen and oxygen atoms in total. The normalized spacial score (nSPS) is 27.6. The molecule has 14 heavy (non-hydrogen) atoms. The van der Waals surface area contributed by atoms with Gasteiger partial charge in [-0.05, 0) is 23.6 Å². The molecule has 1 fully saturated rings. The highest BCUT2D eigenvalue weighted by Crippen LogP contribution is 2.19. The quantitative estimate of drug-likeness (QED) is 0.740. The van der Waals surface area contributed by atoms with Crippen LogP contribution in [-0.2, 0) is 4.74 Å². The maximum absolute atomic E-state index is 12.7. The van der Waals surface area contributed by atoms with Crippen molar-refractivity contribution in [3.63, 3.8) is 0 Å². The fourth-order valence-electron chi connectivity index (χ4n) is 1.54.